The van der Waals surface area contributed by atoms with Crippen LogP contribution < -0.4 is 0 Å². The van der Waals surface area contributed by atoms with E-state index < -0.39 is 0 Å². The first-order chi connectivity index (χ1) is 61.6. The van der Waals surface area contributed by atoms with Gasteiger partial charge in [-0.3, -0.25) is 28.1 Å². The summed E-state index contributed by atoms with van der Waals surface area (Å²) in [7, 11) is 0. The van der Waals surface area contributed by atoms with Gasteiger partial charge in [-0.05, 0) is 242 Å². The lowest BCUT2D eigenvalue weighted by Gasteiger charge is -2.08. The summed E-state index contributed by atoms with van der Waals surface area (Å²) >= 11 is 0. The molecule has 0 radical (unpaired) electrons. The van der Waals surface area contributed by atoms with Crippen molar-refractivity contribution in [1.29, 1.82) is 0 Å². The smallest absolute Gasteiger partial charge is 0.0827 e. The first-order valence-corrected chi connectivity index (χ1v) is 52.7. The summed E-state index contributed by atoms with van der Waals surface area (Å²) in [6.07, 6.45) is 57.7. The van der Waals surface area contributed by atoms with Crippen LogP contribution in [0.4, 0.5) is 0 Å². The number of aromatic nitrogens is 24. The zero-order chi connectivity index (χ0) is 97.1. The van der Waals surface area contributed by atoms with Crippen molar-refractivity contribution in [2.45, 2.75) is 492 Å². The van der Waals surface area contributed by atoms with E-state index in [0.717, 1.165) is 215 Å². The summed E-state index contributed by atoms with van der Waals surface area (Å²) in [5, 5.41) is 66.5. The van der Waals surface area contributed by atoms with Crippen LogP contribution in [0.3, 0.4) is 0 Å². The molecule has 0 N–H and O–H groups in total. The molecule has 0 atom stereocenters. The lowest BCUT2D eigenvalue weighted by molar-refractivity contribution is 0.465. The zero-order valence-electron chi connectivity index (χ0n) is 90.3. The summed E-state index contributed by atoms with van der Waals surface area (Å²) in [6, 6.07) is 0. The van der Waals surface area contributed by atoms with E-state index in [2.05, 4.69) is 351 Å². The van der Waals surface area contributed by atoms with Crippen molar-refractivity contribution in [2.75, 3.05) is 0 Å². The number of rotatable bonds is 58. The van der Waals surface area contributed by atoms with Crippen LogP contribution in [0.15, 0.2) is 49.6 Å². The highest BCUT2D eigenvalue weighted by Gasteiger charge is 2.13. The van der Waals surface area contributed by atoms with E-state index in [4.69, 9.17) is 0 Å². The summed E-state index contributed by atoms with van der Waals surface area (Å²) in [4.78, 5) is 0. The lowest BCUT2D eigenvalue weighted by atomic mass is 10.0. The number of nitrogens with zero attached hydrogens (tertiary/aromatic N) is 24. The van der Waals surface area contributed by atoms with Gasteiger partial charge in [0.15, 0.2) is 0 Å². The maximum Gasteiger partial charge on any atom is 0.0827 e. The predicted octanol–water partition coefficient (Wildman–Crippen LogP) is 27.2. The fourth-order valence-corrected chi connectivity index (χ4v) is 14.1. The van der Waals surface area contributed by atoms with Crippen LogP contribution in [0.5, 0.6) is 0 Å². The number of aryl methyl sites for hydroxylation is 13. The van der Waals surface area contributed by atoms with Crippen LogP contribution in [0.1, 0.15) is 434 Å². The molecule has 8 heterocycles. The van der Waals surface area contributed by atoms with Crippen LogP contribution in [-0.2, 0) is 104 Å². The van der Waals surface area contributed by atoms with Gasteiger partial charge in [0.2, 0.25) is 0 Å². The van der Waals surface area contributed by atoms with Crippen molar-refractivity contribution in [1.82, 2.24) is 120 Å². The van der Waals surface area contributed by atoms with E-state index in [9.17, 15) is 0 Å². The van der Waals surface area contributed by atoms with Gasteiger partial charge in [-0.2, -0.15) is 0 Å². The third-order valence-corrected chi connectivity index (χ3v) is 22.2. The van der Waals surface area contributed by atoms with Crippen molar-refractivity contribution in [3.05, 3.63) is 95.1 Å². The molecule has 8 aromatic rings. The molecule has 0 fully saturated rings. The first kappa shape index (κ1) is 121. The van der Waals surface area contributed by atoms with E-state index >= 15 is 0 Å². The molecule has 0 spiro atoms. The molecule has 24 heteroatoms. The molecule has 0 saturated heterocycles. The second-order valence-electron chi connectivity index (χ2n) is 44.3. The molecule has 0 aliphatic carbocycles. The quantitative estimate of drug-likeness (QED) is 0.0322. The Bertz CT molecular complexity index is 3740. The van der Waals surface area contributed by atoms with Crippen molar-refractivity contribution in [3.63, 3.8) is 0 Å². The van der Waals surface area contributed by atoms with Crippen LogP contribution >= 0.6 is 0 Å². The number of hydrogen-bond donors (Lipinski definition) is 0. The highest BCUT2D eigenvalue weighted by molar-refractivity contribution is 4.98. The molecule has 24 nitrogen and oxygen atoms in total. The van der Waals surface area contributed by atoms with Gasteiger partial charge in [-0.1, -0.05) is 334 Å². The molecule has 130 heavy (non-hydrogen) atoms. The van der Waals surface area contributed by atoms with Gasteiger partial charge >= 0.3 is 0 Å². The Morgan fingerprint density at radius 3 is 0.723 bits per heavy atom. The van der Waals surface area contributed by atoms with Gasteiger partial charge in [0.1, 0.15) is 0 Å². The van der Waals surface area contributed by atoms with E-state index in [1.165, 1.54) is 178 Å². The fraction of sp³-hybridized carbons (Fsp3) is 0.849. The predicted molar refractivity (Wildman–Crippen MR) is 547 cm³/mol. The van der Waals surface area contributed by atoms with Crippen molar-refractivity contribution < 1.29 is 0 Å². The Labute approximate surface area is 797 Å². The average Bonchev–Trinajstić information content (AvgIpc) is 1.77. The molecule has 0 aliphatic rings. The maximum absolute atomic E-state index is 4.21. The summed E-state index contributed by atoms with van der Waals surface area (Å²) in [5.74, 6) is 12.0. The molecule has 0 saturated carbocycles. The molecule has 0 amide bonds. The molecule has 0 bridgehead atoms. The third kappa shape index (κ3) is 70.8. The van der Waals surface area contributed by atoms with Crippen molar-refractivity contribution in [3.8, 4) is 0 Å². The minimum absolute atomic E-state index is 0.634. The second-order valence-corrected chi connectivity index (χ2v) is 44.3. The van der Waals surface area contributed by atoms with E-state index in [-0.39, 0.29) is 0 Å². The summed E-state index contributed by atoms with van der Waals surface area (Å²) in [5.41, 5.74) is 9.43. The van der Waals surface area contributed by atoms with E-state index in [0.29, 0.717) is 17.8 Å². The van der Waals surface area contributed by atoms with Gasteiger partial charge in [-0.15, -0.1) is 40.8 Å². The first-order valence-electron chi connectivity index (χ1n) is 52.7. The molecule has 8 rings (SSSR count). The molecule has 748 valence electrons. The van der Waals surface area contributed by atoms with Gasteiger partial charge in [0, 0.05) is 89.5 Å². The maximum atomic E-state index is 4.21. The van der Waals surface area contributed by atoms with Crippen LogP contribution in [-0.4, -0.2) is 120 Å². The Morgan fingerprint density at radius 2 is 0.400 bits per heavy atom. The van der Waals surface area contributed by atoms with Gasteiger partial charge < -0.3 is 0 Å². The van der Waals surface area contributed by atoms with Gasteiger partial charge in [0.25, 0.3) is 0 Å². The van der Waals surface area contributed by atoms with Gasteiger partial charge in [0.05, 0.1) is 57.9 Å². The molecule has 0 aliphatic heterocycles. The largest absolute Gasteiger partial charge is 0.252 e. The topological polar surface area (TPSA) is 246 Å². The number of hydrogen-bond acceptors (Lipinski definition) is 16. The monoisotopic (exact) mass is 1810 g/mol. The standard InChI is InChI=1S/3C14H27N3.4C13H25N3.C12H23N3/c1-12(2)7-5-6-10-17-11-14(15-16-17)9-8-13(3)4;1-12(2)7-5-6-10-17-14(11-15-16-17)9-8-13(3)4;1-12(2)8-6-5-7-9-14-11-17(16-15-14)10-13(3)4;1-11(2)6-5-9-16-10-13(14-15-16)8-7-12(3)4;1-11(2)6-5-9-16-13(10-14-15-16)8-7-12(3)4;1-11(2)6-5-7-13-10-16(15-14-13)9-8-12(3)4;1-11(2)7-5-6-8-13-10-16(15-14-13)9-12(3)4;1-10(2)6-5-7-12-9-15(14-13-12)8-11(3)4/h3*11-13H,5-10H2,1-4H3;4*10-12H,5-9H2,1-4H3;9-11H,5-8H2,1-4H3. The molecule has 8 aromatic heterocycles. The minimum Gasteiger partial charge on any atom is -0.252 e. The average molecular weight is 1810 g/mol. The Hall–Kier alpha value is -6.88. The second kappa shape index (κ2) is 74.5. The molecule has 0 aromatic carbocycles. The minimum atomic E-state index is 0.634. The normalized spacial score (nSPS) is 11.6. The fourth-order valence-electron chi connectivity index (χ4n) is 14.1. The van der Waals surface area contributed by atoms with E-state index in [1.807, 2.05) is 40.5 Å². The highest BCUT2D eigenvalue weighted by atomic mass is 15.5. The summed E-state index contributed by atoms with van der Waals surface area (Å²) < 4.78 is 16.0. The third-order valence-electron chi connectivity index (χ3n) is 22.2. The Balaban J connectivity index is 0.000000743. The van der Waals surface area contributed by atoms with Crippen molar-refractivity contribution in [2.24, 2.45) is 94.7 Å². The molecule has 0 unspecified atom stereocenters. The Morgan fingerprint density at radius 1 is 0.177 bits per heavy atom. The zero-order valence-corrected chi connectivity index (χ0v) is 90.3. The van der Waals surface area contributed by atoms with Gasteiger partial charge in [-0.25, -0.2) is 9.36 Å². The summed E-state index contributed by atoms with van der Waals surface area (Å²) in [6.45, 7) is 80.0. The SMILES string of the molecule is CC(C)CCCCCc1cn(CC(C)C)nn1.CC(C)CCCCc1cn(CC(C)C)nn1.CC(C)CCCCn1cc(CCC(C)C)nn1.CC(C)CCCCn1nncc1CCC(C)C.CC(C)CCCc1cn(CC(C)C)nn1.CC(C)CCCc1cn(CCC(C)C)nn1.CC(C)CCCn1cc(CCC(C)C)nn1.CC(C)CCCn1nncc1CCC(C)C. The van der Waals surface area contributed by atoms with E-state index in [1.54, 1.807) is 0 Å². The number of unbranched alkanes of at least 4 members (excludes halogenated alkanes) is 5. The van der Waals surface area contributed by atoms with Crippen molar-refractivity contribution >= 4 is 0 Å². The van der Waals surface area contributed by atoms with Crippen LogP contribution in [0.25, 0.3) is 0 Å². The van der Waals surface area contributed by atoms with Crippen LogP contribution in [0, 0.1) is 94.7 Å². The highest BCUT2D eigenvalue weighted by Crippen LogP contribution is 2.19. The molecular weight excluding hydrogens is 1610 g/mol. The lowest BCUT2D eigenvalue weighted by Crippen LogP contribution is -2.07. The van der Waals surface area contributed by atoms with Crippen LogP contribution in [0.2, 0.25) is 0 Å². The Kier molecular flexibility index (Phi) is 69.4. The molecular formula is C106H204N24.